The van der Waals surface area contributed by atoms with Crippen LogP contribution in [-0.4, -0.2) is 97.8 Å². The van der Waals surface area contributed by atoms with E-state index < -0.39 is 39.2 Å². The van der Waals surface area contributed by atoms with Crippen LogP contribution >= 0.6 is 11.8 Å². The fourth-order valence-electron chi connectivity index (χ4n) is 5.33. The van der Waals surface area contributed by atoms with Gasteiger partial charge in [0.1, 0.15) is 28.5 Å². The second kappa shape index (κ2) is 13.7. The van der Waals surface area contributed by atoms with E-state index in [2.05, 4.69) is 39.3 Å². The summed E-state index contributed by atoms with van der Waals surface area (Å²) in [6.45, 7) is 3.75. The molecule has 16 heteroatoms. The molecule has 0 bridgehead atoms. The minimum atomic E-state index is -4.52. The SMILES string of the molecule is COc1cc(S(C)(=O)=O)c(F)cc1NCC#Cc1cc(C(=O)N[C@H]2CCN(C3COC3)C[C@H](C)S2)c2ncn(CC(F)(F)F)c2c1. The highest BCUT2D eigenvalue weighted by Gasteiger charge is 2.32. The lowest BCUT2D eigenvalue weighted by Gasteiger charge is -2.37. The van der Waals surface area contributed by atoms with Gasteiger partial charge < -0.3 is 24.7 Å². The van der Waals surface area contributed by atoms with E-state index in [9.17, 15) is 30.8 Å². The van der Waals surface area contributed by atoms with Crippen molar-refractivity contribution in [2.75, 3.05) is 51.5 Å². The third-order valence-corrected chi connectivity index (χ3v) is 9.98. The van der Waals surface area contributed by atoms with E-state index in [1.165, 1.54) is 19.2 Å². The fraction of sp³-hybridized carbons (Fsp3) is 0.467. The number of benzene rings is 2. The summed E-state index contributed by atoms with van der Waals surface area (Å²) in [7, 11) is -2.53. The lowest BCUT2D eigenvalue weighted by molar-refractivity contribution is -0.139. The third kappa shape index (κ3) is 8.06. The largest absolute Gasteiger partial charge is 0.495 e. The number of sulfone groups is 1. The van der Waals surface area contributed by atoms with Crippen LogP contribution in [0.25, 0.3) is 11.0 Å². The van der Waals surface area contributed by atoms with E-state index in [1.807, 2.05) is 0 Å². The van der Waals surface area contributed by atoms with Crippen LogP contribution in [0.5, 0.6) is 5.75 Å². The van der Waals surface area contributed by atoms with Crippen LogP contribution in [0.15, 0.2) is 35.5 Å². The van der Waals surface area contributed by atoms with Crippen LogP contribution in [0.4, 0.5) is 23.2 Å². The molecule has 0 aliphatic carbocycles. The third-order valence-electron chi connectivity index (χ3n) is 7.57. The molecule has 0 spiro atoms. The molecule has 0 unspecified atom stereocenters. The normalized spacial score (nSPS) is 19.5. The molecule has 1 amide bonds. The average Bonchev–Trinajstić information content (AvgIpc) is 3.23. The van der Waals surface area contributed by atoms with Crippen molar-refractivity contribution in [2.24, 2.45) is 0 Å². The summed E-state index contributed by atoms with van der Waals surface area (Å²) in [5, 5.41) is 5.91. The first-order valence-corrected chi connectivity index (χ1v) is 17.2. The second-order valence-electron chi connectivity index (χ2n) is 11.2. The number of ether oxygens (including phenoxy) is 2. The number of hydrogen-bond acceptors (Lipinski definition) is 9. The van der Waals surface area contributed by atoms with Gasteiger partial charge in [-0.25, -0.2) is 17.8 Å². The first kappa shape index (κ1) is 33.8. The molecule has 0 radical (unpaired) electrons. The summed E-state index contributed by atoms with van der Waals surface area (Å²) in [5.41, 5.74) is 0.737. The van der Waals surface area contributed by atoms with E-state index in [0.29, 0.717) is 25.7 Å². The Morgan fingerprint density at radius 1 is 1.24 bits per heavy atom. The highest BCUT2D eigenvalue weighted by Crippen LogP contribution is 2.31. The van der Waals surface area contributed by atoms with Gasteiger partial charge in [-0.15, -0.1) is 11.8 Å². The standard InChI is InChI=1S/C30H33F4N5O5S2/c1-18-13-38(20-14-44-15-20)8-6-27(45-18)37-29(40)21-9-19(10-24-28(21)36-17-39(24)16-30(32,33)34)5-4-7-35-23-11-22(31)26(46(3,41)42)12-25(23)43-2/h9-12,17-18,20,27,35H,6-8,13-16H2,1-3H3,(H,37,40)/t18-,27+/m0/s1. The number of fused-ring (bicyclic) bond motifs is 1. The van der Waals surface area contributed by atoms with Gasteiger partial charge >= 0.3 is 6.18 Å². The molecular formula is C30H33F4N5O5S2. The number of halogens is 4. The number of imidazole rings is 1. The number of aromatic nitrogens is 2. The summed E-state index contributed by atoms with van der Waals surface area (Å²) in [5.74, 6) is 4.31. The van der Waals surface area contributed by atoms with Crippen LogP contribution in [-0.2, 0) is 21.1 Å². The maximum Gasteiger partial charge on any atom is 0.406 e. The number of alkyl halides is 3. The van der Waals surface area contributed by atoms with Crippen LogP contribution < -0.4 is 15.4 Å². The summed E-state index contributed by atoms with van der Waals surface area (Å²) < 4.78 is 89.7. The number of methoxy groups -OCH3 is 1. The first-order valence-electron chi connectivity index (χ1n) is 14.4. The Morgan fingerprint density at radius 3 is 2.65 bits per heavy atom. The lowest BCUT2D eigenvalue weighted by atomic mass is 10.1. The number of thioether (sulfide) groups is 1. The topological polar surface area (TPSA) is 115 Å². The Morgan fingerprint density at radius 2 is 2.00 bits per heavy atom. The maximum atomic E-state index is 14.5. The van der Waals surface area contributed by atoms with Gasteiger partial charge in [0.05, 0.1) is 61.4 Å². The van der Waals surface area contributed by atoms with Gasteiger partial charge in [-0.1, -0.05) is 18.8 Å². The summed E-state index contributed by atoms with van der Waals surface area (Å²) in [6.07, 6.45) is -1.91. The molecule has 10 nitrogen and oxygen atoms in total. The van der Waals surface area contributed by atoms with Gasteiger partial charge in [0, 0.05) is 42.3 Å². The zero-order valence-corrected chi connectivity index (χ0v) is 26.9. The second-order valence-corrected chi connectivity index (χ2v) is 14.8. The molecule has 2 aromatic carbocycles. The van der Waals surface area contributed by atoms with Crippen molar-refractivity contribution in [3.63, 3.8) is 0 Å². The monoisotopic (exact) mass is 683 g/mol. The minimum Gasteiger partial charge on any atom is -0.495 e. The number of carbonyl (C=O) groups is 1. The molecule has 2 N–H and O–H groups in total. The molecule has 46 heavy (non-hydrogen) atoms. The molecule has 2 aliphatic rings. The van der Waals surface area contributed by atoms with Crippen molar-refractivity contribution < 1.29 is 40.2 Å². The number of anilines is 1. The number of nitrogens with one attached hydrogen (secondary N) is 2. The molecule has 2 aliphatic heterocycles. The van der Waals surface area contributed by atoms with E-state index in [4.69, 9.17) is 9.47 Å². The molecule has 248 valence electrons. The van der Waals surface area contributed by atoms with E-state index in [0.717, 1.165) is 42.4 Å². The van der Waals surface area contributed by atoms with Gasteiger partial charge in [0.15, 0.2) is 9.84 Å². The smallest absolute Gasteiger partial charge is 0.406 e. The Kier molecular flexibility index (Phi) is 10.1. The van der Waals surface area contributed by atoms with E-state index >= 15 is 0 Å². The zero-order chi connectivity index (χ0) is 33.2. The van der Waals surface area contributed by atoms with Crippen molar-refractivity contribution >= 4 is 44.2 Å². The molecule has 0 saturated carbocycles. The van der Waals surface area contributed by atoms with Crippen molar-refractivity contribution in [1.29, 1.82) is 0 Å². The summed E-state index contributed by atoms with van der Waals surface area (Å²) >= 11 is 1.63. The number of carbonyl (C=O) groups excluding carboxylic acids is 1. The molecule has 1 aromatic heterocycles. The summed E-state index contributed by atoms with van der Waals surface area (Å²) in [4.78, 5) is 19.6. The van der Waals surface area contributed by atoms with Crippen LogP contribution in [0.3, 0.4) is 0 Å². The number of hydrogen-bond donors (Lipinski definition) is 2. The average molecular weight is 684 g/mol. The van der Waals surface area contributed by atoms with E-state index in [1.54, 1.807) is 11.8 Å². The number of amides is 1. The van der Waals surface area contributed by atoms with Gasteiger partial charge in [0.25, 0.3) is 5.91 Å². The Hall–Kier alpha value is -3.52. The van der Waals surface area contributed by atoms with Gasteiger partial charge in [-0.3, -0.25) is 9.69 Å². The quantitative estimate of drug-likeness (QED) is 0.270. The fourth-order valence-corrected chi connectivity index (χ4v) is 7.32. The van der Waals surface area contributed by atoms with Crippen molar-refractivity contribution in [2.45, 2.75) is 47.6 Å². The van der Waals surface area contributed by atoms with Crippen LogP contribution in [0.2, 0.25) is 0 Å². The lowest BCUT2D eigenvalue weighted by Crippen LogP contribution is -2.50. The summed E-state index contributed by atoms with van der Waals surface area (Å²) in [6, 6.07) is 5.33. The molecule has 3 heterocycles. The molecule has 2 saturated heterocycles. The highest BCUT2D eigenvalue weighted by atomic mass is 32.2. The zero-order valence-electron chi connectivity index (χ0n) is 25.3. The Balaban J connectivity index is 1.38. The molecule has 5 rings (SSSR count). The van der Waals surface area contributed by atoms with Gasteiger partial charge in [0.2, 0.25) is 0 Å². The molecule has 2 atom stereocenters. The number of nitrogens with zero attached hydrogens (tertiary/aromatic N) is 3. The predicted octanol–water partition coefficient (Wildman–Crippen LogP) is 3.90. The highest BCUT2D eigenvalue weighted by molar-refractivity contribution is 8.00. The maximum absolute atomic E-state index is 14.5. The van der Waals surface area contributed by atoms with Crippen LogP contribution in [0, 0.1) is 17.7 Å². The van der Waals surface area contributed by atoms with Crippen LogP contribution in [0.1, 0.15) is 29.3 Å². The minimum absolute atomic E-state index is 0.0610. The van der Waals surface area contributed by atoms with Crippen molar-refractivity contribution in [3.05, 3.63) is 47.5 Å². The predicted molar refractivity (Wildman–Crippen MR) is 166 cm³/mol. The van der Waals surface area contributed by atoms with Crippen molar-refractivity contribution in [1.82, 2.24) is 19.8 Å². The van der Waals surface area contributed by atoms with Crippen molar-refractivity contribution in [3.8, 4) is 17.6 Å². The Bertz CT molecular complexity index is 1780. The van der Waals surface area contributed by atoms with Gasteiger partial charge in [-0.2, -0.15) is 13.2 Å². The molecule has 3 aromatic rings. The number of rotatable bonds is 8. The first-order chi connectivity index (χ1) is 21.7. The molecule has 2 fully saturated rings. The van der Waals surface area contributed by atoms with E-state index in [-0.39, 0.29) is 50.8 Å². The van der Waals surface area contributed by atoms with Gasteiger partial charge in [-0.05, 0) is 18.6 Å². The Labute approximate surface area is 268 Å². The molecular weight excluding hydrogens is 650 g/mol.